The molecule has 0 fully saturated rings. The van der Waals surface area contributed by atoms with Crippen molar-refractivity contribution in [1.29, 1.82) is 0 Å². The van der Waals surface area contributed by atoms with Crippen molar-refractivity contribution >= 4 is 23.2 Å². The molecule has 4 aromatic rings. The smallest absolute Gasteiger partial charge is 0.230 e. The molecule has 1 unspecified atom stereocenters. The van der Waals surface area contributed by atoms with Gasteiger partial charge in [0, 0.05) is 35.9 Å². The topological polar surface area (TPSA) is 96.5 Å². The summed E-state index contributed by atoms with van der Waals surface area (Å²) in [6.45, 7) is 0. The lowest BCUT2D eigenvalue weighted by molar-refractivity contribution is -0.118. The van der Waals surface area contributed by atoms with E-state index in [1.165, 1.54) is 18.1 Å². The number of nitrogens with one attached hydrogen (secondary N) is 2. The second kappa shape index (κ2) is 10.3. The Hall–Kier alpha value is -4.04. The number of thioether (sulfide) groups is 1. The van der Waals surface area contributed by atoms with Gasteiger partial charge in [0.1, 0.15) is 6.33 Å². The van der Waals surface area contributed by atoms with Crippen molar-refractivity contribution in [3.05, 3.63) is 97.4 Å². The number of hydrogen-bond donors (Lipinski definition) is 2. The molecule has 1 aliphatic rings. The van der Waals surface area contributed by atoms with Crippen molar-refractivity contribution in [2.45, 2.75) is 17.6 Å². The number of allylic oxidation sites excluding steroid dienone is 2. The first-order valence-corrected chi connectivity index (χ1v) is 11.9. The summed E-state index contributed by atoms with van der Waals surface area (Å²) in [7, 11) is 0. The van der Waals surface area contributed by atoms with E-state index in [0.29, 0.717) is 5.16 Å². The predicted molar refractivity (Wildman–Crippen MR) is 134 cm³/mol. The fraction of sp³-hybridized carbons (Fsp3) is 0.115. The third kappa shape index (κ3) is 5.29. The lowest BCUT2D eigenvalue weighted by Crippen LogP contribution is -2.35. The number of benzene rings is 1. The number of nitrogens with zero attached hydrogens (tertiary/aromatic N) is 4. The van der Waals surface area contributed by atoms with Crippen LogP contribution in [-0.4, -0.2) is 42.9 Å². The molecular formula is C26H22N6OS. The van der Waals surface area contributed by atoms with E-state index in [9.17, 15) is 4.79 Å². The van der Waals surface area contributed by atoms with Gasteiger partial charge in [-0.3, -0.25) is 14.8 Å². The van der Waals surface area contributed by atoms with Gasteiger partial charge >= 0.3 is 0 Å². The summed E-state index contributed by atoms with van der Waals surface area (Å²) in [5.74, 6) is 0.253. The summed E-state index contributed by atoms with van der Waals surface area (Å²) in [6.07, 6.45) is 15.8. The zero-order valence-electron chi connectivity index (χ0n) is 18.3. The van der Waals surface area contributed by atoms with Gasteiger partial charge in [-0.15, -0.1) is 10.2 Å². The molecule has 0 bridgehead atoms. The number of aromatic amines is 1. The summed E-state index contributed by atoms with van der Waals surface area (Å²) in [5, 5.41) is 11.3. The number of amides is 1. The molecule has 168 valence electrons. The Morgan fingerprint density at radius 3 is 2.26 bits per heavy atom. The van der Waals surface area contributed by atoms with E-state index in [1.54, 1.807) is 12.4 Å². The zero-order chi connectivity index (χ0) is 23.2. The first-order chi connectivity index (χ1) is 16.7. The van der Waals surface area contributed by atoms with Crippen LogP contribution in [0.2, 0.25) is 0 Å². The number of H-pyrrole nitrogens is 1. The molecule has 8 heteroatoms. The minimum atomic E-state index is -0.0367. The molecular weight excluding hydrogens is 444 g/mol. The number of carbonyl (C=O) groups excluding carboxylic acids is 1. The highest BCUT2D eigenvalue weighted by Gasteiger charge is 2.15. The molecule has 3 aromatic heterocycles. The van der Waals surface area contributed by atoms with Crippen LogP contribution in [0.4, 0.5) is 0 Å². The average Bonchev–Trinajstić information content (AvgIpc) is 3.43. The first kappa shape index (κ1) is 21.8. The Balaban J connectivity index is 1.33. The molecule has 1 amide bonds. The van der Waals surface area contributed by atoms with Gasteiger partial charge in [-0.05, 0) is 59.0 Å². The van der Waals surface area contributed by atoms with Gasteiger partial charge in [0.25, 0.3) is 0 Å². The summed E-state index contributed by atoms with van der Waals surface area (Å²) < 4.78 is 0. The van der Waals surface area contributed by atoms with E-state index in [0.717, 1.165) is 39.8 Å². The summed E-state index contributed by atoms with van der Waals surface area (Å²) in [4.78, 5) is 23.7. The molecule has 7 nitrogen and oxygen atoms in total. The number of pyridine rings is 2. The molecule has 5 rings (SSSR count). The van der Waals surface area contributed by atoms with Crippen LogP contribution in [-0.2, 0) is 4.79 Å². The van der Waals surface area contributed by atoms with E-state index in [4.69, 9.17) is 0 Å². The summed E-state index contributed by atoms with van der Waals surface area (Å²) in [5.41, 5.74) is 6.55. The second-order valence-electron chi connectivity index (χ2n) is 7.79. The van der Waals surface area contributed by atoms with Crippen LogP contribution < -0.4 is 5.32 Å². The highest BCUT2D eigenvalue weighted by atomic mass is 32.2. The first-order valence-electron chi connectivity index (χ1n) is 10.9. The van der Waals surface area contributed by atoms with Gasteiger partial charge < -0.3 is 10.3 Å². The van der Waals surface area contributed by atoms with E-state index in [2.05, 4.69) is 72.9 Å². The maximum absolute atomic E-state index is 12.3. The van der Waals surface area contributed by atoms with Crippen molar-refractivity contribution in [3.8, 4) is 22.3 Å². The van der Waals surface area contributed by atoms with Gasteiger partial charge in [0.05, 0.1) is 11.8 Å². The Kier molecular flexibility index (Phi) is 6.58. The highest BCUT2D eigenvalue weighted by Crippen LogP contribution is 2.32. The molecule has 1 aliphatic carbocycles. The summed E-state index contributed by atoms with van der Waals surface area (Å²) >= 11 is 1.33. The normalized spacial score (nSPS) is 15.1. The Bertz CT molecular complexity index is 1260. The standard InChI is InChI=1S/C26H22N6OS/c33-25(16-34-26-29-17-30-32-26)31-24-7-5-18(6-8-24)21-11-22(19-3-1-9-27-14-19)13-23(12-21)20-4-2-10-28-15-20/h1-7,9-15,17,24H,8,16H2,(H,31,33)(H,29,30,32). The monoisotopic (exact) mass is 466 g/mol. The third-order valence-corrected chi connectivity index (χ3v) is 6.32. The van der Waals surface area contributed by atoms with Gasteiger partial charge in [-0.2, -0.15) is 0 Å². The molecule has 1 atom stereocenters. The third-order valence-electron chi connectivity index (χ3n) is 5.44. The molecule has 3 heterocycles. The van der Waals surface area contributed by atoms with E-state index in [1.807, 2.05) is 30.6 Å². The predicted octanol–water partition coefficient (Wildman–Crippen LogP) is 4.55. The van der Waals surface area contributed by atoms with Crippen molar-refractivity contribution in [1.82, 2.24) is 30.5 Å². The molecule has 2 N–H and O–H groups in total. The van der Waals surface area contributed by atoms with Gasteiger partial charge in [0.15, 0.2) is 5.16 Å². The van der Waals surface area contributed by atoms with Crippen molar-refractivity contribution < 1.29 is 4.79 Å². The van der Waals surface area contributed by atoms with Crippen LogP contribution >= 0.6 is 11.8 Å². The minimum Gasteiger partial charge on any atom is -0.349 e. The van der Waals surface area contributed by atoms with E-state index in [-0.39, 0.29) is 17.7 Å². The Morgan fingerprint density at radius 1 is 1.00 bits per heavy atom. The van der Waals surface area contributed by atoms with Crippen LogP contribution in [0.15, 0.2) is 97.0 Å². The van der Waals surface area contributed by atoms with E-state index >= 15 is 0 Å². The molecule has 34 heavy (non-hydrogen) atoms. The van der Waals surface area contributed by atoms with Gasteiger partial charge in [-0.1, -0.05) is 42.1 Å². The molecule has 0 saturated carbocycles. The van der Waals surface area contributed by atoms with Crippen LogP contribution in [0.3, 0.4) is 0 Å². The van der Waals surface area contributed by atoms with Crippen LogP contribution in [0.5, 0.6) is 0 Å². The maximum atomic E-state index is 12.3. The van der Waals surface area contributed by atoms with Crippen molar-refractivity contribution in [2.75, 3.05) is 5.75 Å². The molecule has 1 aromatic carbocycles. The summed E-state index contributed by atoms with van der Waals surface area (Å²) in [6, 6.07) is 14.5. The lowest BCUT2D eigenvalue weighted by atomic mass is 9.91. The van der Waals surface area contributed by atoms with Gasteiger partial charge in [0.2, 0.25) is 5.91 Å². The Labute approximate surface area is 201 Å². The number of rotatable bonds is 7. The van der Waals surface area contributed by atoms with Crippen molar-refractivity contribution in [3.63, 3.8) is 0 Å². The number of aromatic nitrogens is 5. The lowest BCUT2D eigenvalue weighted by Gasteiger charge is -2.19. The zero-order valence-corrected chi connectivity index (χ0v) is 19.1. The fourth-order valence-electron chi connectivity index (χ4n) is 3.78. The highest BCUT2D eigenvalue weighted by molar-refractivity contribution is 7.99. The quantitative estimate of drug-likeness (QED) is 0.388. The molecule has 0 saturated heterocycles. The second-order valence-corrected chi connectivity index (χ2v) is 8.76. The SMILES string of the molecule is O=C(CSc1nnc[nH]1)NC1C=CC(c2cc(-c3cccnc3)cc(-c3cccnc3)c2)=CC1. The minimum absolute atomic E-state index is 0.0362. The average molecular weight is 467 g/mol. The number of hydrogen-bond acceptors (Lipinski definition) is 6. The largest absolute Gasteiger partial charge is 0.349 e. The van der Waals surface area contributed by atoms with Crippen molar-refractivity contribution in [2.24, 2.45) is 0 Å². The van der Waals surface area contributed by atoms with Gasteiger partial charge in [-0.25, -0.2) is 0 Å². The molecule has 0 aliphatic heterocycles. The number of carbonyl (C=O) groups is 1. The fourth-order valence-corrected chi connectivity index (χ4v) is 4.38. The maximum Gasteiger partial charge on any atom is 0.230 e. The molecule has 0 spiro atoms. The van der Waals surface area contributed by atoms with Crippen LogP contribution in [0, 0.1) is 0 Å². The van der Waals surface area contributed by atoms with E-state index < -0.39 is 0 Å². The molecule has 0 radical (unpaired) electrons. The van der Waals surface area contributed by atoms with Crippen LogP contribution in [0.1, 0.15) is 12.0 Å². The van der Waals surface area contributed by atoms with Crippen LogP contribution in [0.25, 0.3) is 27.8 Å². The Morgan fingerprint density at radius 2 is 1.71 bits per heavy atom.